The van der Waals surface area contributed by atoms with E-state index < -0.39 is 0 Å². The molecule has 3 N–H and O–H groups in total. The molecule has 0 amide bonds. The van der Waals surface area contributed by atoms with Gasteiger partial charge in [-0.2, -0.15) is 0 Å². The van der Waals surface area contributed by atoms with Gasteiger partial charge in [0.1, 0.15) is 30.1 Å². The Kier molecular flexibility index (Phi) is 4.96. The van der Waals surface area contributed by atoms with Gasteiger partial charge in [-0.1, -0.05) is 0 Å². The quantitative estimate of drug-likeness (QED) is 0.348. The minimum absolute atomic E-state index is 0.313. The Morgan fingerprint density at radius 2 is 1.97 bits per heavy atom. The molecule has 0 spiro atoms. The Balaban J connectivity index is 1.32. The third kappa shape index (κ3) is 4.13. The smallest absolute Gasteiger partial charge is 0.255 e. The molecule has 10 nitrogen and oxygen atoms in total. The molecule has 1 aliphatic heterocycles. The van der Waals surface area contributed by atoms with E-state index in [0.29, 0.717) is 41.5 Å². The Hall–Kier alpha value is -4.73. The first kappa shape index (κ1) is 21.8. The molecule has 0 fully saturated rings. The fraction of sp³-hybridized carbons (Fsp3) is 0.192. The number of imidazole rings is 1. The summed E-state index contributed by atoms with van der Waals surface area (Å²) in [7, 11) is 0. The van der Waals surface area contributed by atoms with Gasteiger partial charge in [0, 0.05) is 35.2 Å². The average Bonchev–Trinajstić information content (AvgIpc) is 3.46. The lowest BCUT2D eigenvalue weighted by molar-refractivity contribution is 0.278. The van der Waals surface area contributed by atoms with Crippen molar-refractivity contribution in [3.8, 4) is 11.6 Å². The average molecular weight is 481 g/mol. The molecule has 36 heavy (non-hydrogen) atoms. The highest BCUT2D eigenvalue weighted by Gasteiger charge is 2.29. The molecule has 0 aliphatic carbocycles. The van der Waals surface area contributed by atoms with Gasteiger partial charge >= 0.3 is 0 Å². The molecule has 0 atom stereocenters. The Labute approximate surface area is 206 Å². The molecule has 6 rings (SSSR count). The molecule has 1 aliphatic rings. The van der Waals surface area contributed by atoms with Crippen LogP contribution in [0.15, 0.2) is 66.2 Å². The summed E-state index contributed by atoms with van der Waals surface area (Å²) in [5.74, 6) is 2.64. The second-order valence-electron chi connectivity index (χ2n) is 9.32. The molecule has 0 bridgehead atoms. The molecule has 180 valence electrons. The number of nitrogens with zero attached hydrogens (tertiary/aromatic N) is 6. The maximum atomic E-state index is 6.07. The lowest BCUT2D eigenvalue weighted by Gasteiger charge is -2.13. The lowest BCUT2D eigenvalue weighted by atomic mass is 10.1. The van der Waals surface area contributed by atoms with Crippen LogP contribution >= 0.6 is 0 Å². The molecule has 10 heteroatoms. The predicted octanol–water partition coefficient (Wildman–Crippen LogP) is 4.65. The Morgan fingerprint density at radius 3 is 2.78 bits per heavy atom. The van der Waals surface area contributed by atoms with E-state index in [4.69, 9.17) is 20.2 Å². The summed E-state index contributed by atoms with van der Waals surface area (Å²) in [6, 6.07) is 13.1. The number of aliphatic imine (C=N–C) groups is 1. The predicted molar refractivity (Wildman–Crippen MR) is 138 cm³/mol. The first-order chi connectivity index (χ1) is 17.3. The van der Waals surface area contributed by atoms with Crippen LogP contribution in [0.3, 0.4) is 0 Å². The highest BCUT2D eigenvalue weighted by molar-refractivity contribution is 5.98. The highest BCUT2D eigenvalue weighted by atomic mass is 16.5. The minimum Gasteiger partial charge on any atom is -0.473 e. The van der Waals surface area contributed by atoms with Gasteiger partial charge in [0.25, 0.3) is 5.90 Å². The van der Waals surface area contributed by atoms with Crippen LogP contribution in [0.1, 0.15) is 25.2 Å². The fourth-order valence-corrected chi connectivity index (χ4v) is 3.98. The van der Waals surface area contributed by atoms with Crippen LogP contribution in [-0.4, -0.2) is 42.4 Å². The van der Waals surface area contributed by atoms with Crippen LogP contribution in [0.5, 0.6) is 11.6 Å². The number of aromatic nitrogens is 5. The summed E-state index contributed by atoms with van der Waals surface area (Å²) in [5, 5.41) is 4.21. The van der Waals surface area contributed by atoms with Gasteiger partial charge in [-0.05, 0) is 62.7 Å². The SMILES string of the molecule is Cc1cc(Nc2nc(C3=NC(C)(C)CO3)nc3ccc(N)cc23)ccc1Oc1cc2nccn2cn1. The number of hydrogen-bond acceptors (Lipinski definition) is 9. The zero-order chi connectivity index (χ0) is 24.9. The maximum absolute atomic E-state index is 6.07. The maximum Gasteiger partial charge on any atom is 0.255 e. The number of benzene rings is 2. The summed E-state index contributed by atoms with van der Waals surface area (Å²) in [5.41, 5.74) is 9.64. The largest absolute Gasteiger partial charge is 0.473 e. The van der Waals surface area contributed by atoms with Crippen LogP contribution in [-0.2, 0) is 4.74 Å². The number of fused-ring (bicyclic) bond motifs is 2. The van der Waals surface area contributed by atoms with Gasteiger partial charge in [-0.15, -0.1) is 0 Å². The summed E-state index contributed by atoms with van der Waals surface area (Å²) >= 11 is 0. The van der Waals surface area contributed by atoms with Crippen LogP contribution in [0, 0.1) is 6.92 Å². The van der Waals surface area contributed by atoms with Crippen LogP contribution in [0.4, 0.5) is 17.2 Å². The molecule has 0 radical (unpaired) electrons. The number of rotatable bonds is 5. The number of aryl methyl sites for hydroxylation is 1. The van der Waals surface area contributed by atoms with Crippen molar-refractivity contribution in [3.05, 3.63) is 72.6 Å². The van der Waals surface area contributed by atoms with E-state index in [1.807, 2.05) is 67.8 Å². The highest BCUT2D eigenvalue weighted by Crippen LogP contribution is 2.31. The van der Waals surface area contributed by atoms with Gasteiger partial charge in [-0.3, -0.25) is 4.40 Å². The summed E-state index contributed by atoms with van der Waals surface area (Å²) in [4.78, 5) is 22.7. The van der Waals surface area contributed by atoms with E-state index in [1.165, 1.54) is 0 Å². The first-order valence-electron chi connectivity index (χ1n) is 11.5. The number of nitrogens with two attached hydrogens (primary N) is 1. The van der Waals surface area contributed by atoms with Crippen molar-refractivity contribution in [3.63, 3.8) is 0 Å². The van der Waals surface area contributed by atoms with Crippen molar-refractivity contribution in [2.45, 2.75) is 26.3 Å². The van der Waals surface area contributed by atoms with Gasteiger partial charge in [0.2, 0.25) is 11.7 Å². The number of hydrogen-bond donors (Lipinski definition) is 2. The van der Waals surface area contributed by atoms with E-state index in [-0.39, 0.29) is 5.54 Å². The third-order valence-corrected chi connectivity index (χ3v) is 5.79. The zero-order valence-electron chi connectivity index (χ0n) is 20.1. The van der Waals surface area contributed by atoms with E-state index in [1.54, 1.807) is 18.6 Å². The number of nitrogen functional groups attached to an aromatic ring is 1. The van der Waals surface area contributed by atoms with Crippen molar-refractivity contribution in [1.82, 2.24) is 24.3 Å². The molecule has 5 aromatic rings. The Bertz CT molecular complexity index is 1660. The number of nitrogens with one attached hydrogen (secondary N) is 1. The second-order valence-corrected chi connectivity index (χ2v) is 9.32. The minimum atomic E-state index is -0.313. The normalized spacial score (nSPS) is 14.6. The zero-order valence-corrected chi connectivity index (χ0v) is 20.1. The molecule has 0 saturated heterocycles. The van der Waals surface area contributed by atoms with Gasteiger partial charge < -0.3 is 20.5 Å². The van der Waals surface area contributed by atoms with Crippen molar-refractivity contribution in [2.75, 3.05) is 17.7 Å². The summed E-state index contributed by atoms with van der Waals surface area (Å²) < 4.78 is 13.6. The standard InChI is InChI=1S/C26H24N8O2/c1-15-10-17(5-7-20(15)36-22-12-21-28-8-9-34(21)14-29-22)30-23-18-11-16(27)4-6-19(18)31-24(32-23)25-33-26(2,3)13-35-25/h4-12,14H,13,27H2,1-3H3,(H,30,31,32). The molecule has 0 unspecified atom stereocenters. The summed E-state index contributed by atoms with van der Waals surface area (Å²) in [6.45, 7) is 6.47. The van der Waals surface area contributed by atoms with E-state index >= 15 is 0 Å². The molecular formula is C26H24N8O2. The molecule has 3 aromatic heterocycles. The topological polar surface area (TPSA) is 125 Å². The van der Waals surface area contributed by atoms with Gasteiger partial charge in [-0.25, -0.2) is 24.9 Å². The van der Waals surface area contributed by atoms with Crippen molar-refractivity contribution in [1.29, 1.82) is 0 Å². The molecule has 0 saturated carbocycles. The third-order valence-electron chi connectivity index (χ3n) is 5.79. The molecule has 4 heterocycles. The van der Waals surface area contributed by atoms with Crippen LogP contribution < -0.4 is 15.8 Å². The first-order valence-corrected chi connectivity index (χ1v) is 11.5. The fourth-order valence-electron chi connectivity index (χ4n) is 3.98. The van der Waals surface area contributed by atoms with Gasteiger partial charge in [0.15, 0.2) is 0 Å². The van der Waals surface area contributed by atoms with E-state index in [0.717, 1.165) is 27.8 Å². The second kappa shape index (κ2) is 8.19. The van der Waals surface area contributed by atoms with Crippen LogP contribution in [0.25, 0.3) is 16.6 Å². The van der Waals surface area contributed by atoms with Crippen molar-refractivity contribution >= 4 is 39.6 Å². The number of ether oxygens (including phenoxy) is 2. The monoisotopic (exact) mass is 480 g/mol. The van der Waals surface area contributed by atoms with E-state index in [9.17, 15) is 0 Å². The van der Waals surface area contributed by atoms with Crippen LogP contribution in [0.2, 0.25) is 0 Å². The lowest BCUT2D eigenvalue weighted by Crippen LogP contribution is -2.17. The summed E-state index contributed by atoms with van der Waals surface area (Å²) in [6.07, 6.45) is 5.22. The Morgan fingerprint density at radius 1 is 1.08 bits per heavy atom. The van der Waals surface area contributed by atoms with Crippen molar-refractivity contribution < 1.29 is 9.47 Å². The number of anilines is 3. The molecule has 2 aromatic carbocycles. The molecular weight excluding hydrogens is 456 g/mol. The van der Waals surface area contributed by atoms with Crippen molar-refractivity contribution in [2.24, 2.45) is 4.99 Å². The van der Waals surface area contributed by atoms with Gasteiger partial charge in [0.05, 0.1) is 11.1 Å². The van der Waals surface area contributed by atoms with E-state index in [2.05, 4.69) is 25.3 Å².